The van der Waals surface area contributed by atoms with Crippen LogP contribution in [0.4, 0.5) is 5.82 Å². The summed E-state index contributed by atoms with van der Waals surface area (Å²) >= 11 is 0. The van der Waals surface area contributed by atoms with E-state index in [1.807, 2.05) is 14.1 Å². The first-order chi connectivity index (χ1) is 9.13. The van der Waals surface area contributed by atoms with Gasteiger partial charge in [0, 0.05) is 13.1 Å². The maximum Gasteiger partial charge on any atom is 0.272 e. The van der Waals surface area contributed by atoms with E-state index in [1.165, 1.54) is 0 Å². The second-order valence-electron chi connectivity index (χ2n) is 4.39. The normalized spacial score (nSPS) is 10.3. The van der Waals surface area contributed by atoms with Crippen molar-refractivity contribution in [2.75, 3.05) is 39.0 Å². The molecule has 0 atom stereocenters. The molecule has 0 saturated carbocycles. The Balaban J connectivity index is 2.38. The van der Waals surface area contributed by atoms with Gasteiger partial charge in [0.1, 0.15) is 5.82 Å². The van der Waals surface area contributed by atoms with Crippen molar-refractivity contribution in [3.8, 4) is 0 Å². The minimum absolute atomic E-state index is 0.244. The third-order valence-corrected chi connectivity index (χ3v) is 2.39. The molecule has 0 unspecified atom stereocenters. The molecular weight excluding hydrogens is 242 g/mol. The van der Waals surface area contributed by atoms with Crippen LogP contribution < -0.4 is 10.6 Å². The first kappa shape index (κ1) is 15.1. The van der Waals surface area contributed by atoms with E-state index >= 15 is 0 Å². The summed E-state index contributed by atoms with van der Waals surface area (Å²) in [4.78, 5) is 13.7. The van der Waals surface area contributed by atoms with Crippen molar-refractivity contribution >= 4 is 11.7 Å². The molecule has 1 aromatic heterocycles. The molecule has 104 valence electrons. The number of hydrogen-bond donors (Lipinski definition) is 2. The molecule has 1 rings (SSSR count). The summed E-state index contributed by atoms with van der Waals surface area (Å²) in [6, 6.07) is 3.41. The number of anilines is 1. The molecule has 6 nitrogen and oxygen atoms in total. The lowest BCUT2D eigenvalue weighted by Crippen LogP contribution is -2.24. The Morgan fingerprint density at radius 3 is 2.79 bits per heavy atom. The third-order valence-electron chi connectivity index (χ3n) is 2.39. The van der Waals surface area contributed by atoms with Gasteiger partial charge in [0.2, 0.25) is 0 Å². The second-order valence-corrected chi connectivity index (χ2v) is 4.39. The van der Waals surface area contributed by atoms with Gasteiger partial charge in [-0.3, -0.25) is 4.79 Å². The van der Waals surface area contributed by atoms with Gasteiger partial charge in [-0.25, -0.2) is 0 Å². The quantitative estimate of drug-likeness (QED) is 0.535. The van der Waals surface area contributed by atoms with Crippen molar-refractivity contribution in [1.82, 2.24) is 20.4 Å². The zero-order chi connectivity index (χ0) is 14.1. The van der Waals surface area contributed by atoms with Crippen molar-refractivity contribution in [3.05, 3.63) is 30.5 Å². The van der Waals surface area contributed by atoms with Gasteiger partial charge < -0.3 is 15.5 Å². The van der Waals surface area contributed by atoms with E-state index in [9.17, 15) is 4.79 Å². The van der Waals surface area contributed by atoms with Crippen molar-refractivity contribution in [3.63, 3.8) is 0 Å². The average Bonchev–Trinajstić information content (AvgIpc) is 2.41. The maximum atomic E-state index is 11.6. The van der Waals surface area contributed by atoms with Crippen molar-refractivity contribution in [2.45, 2.75) is 6.42 Å². The lowest BCUT2D eigenvalue weighted by molar-refractivity contribution is 0.0952. The van der Waals surface area contributed by atoms with Gasteiger partial charge in [0.15, 0.2) is 5.69 Å². The Labute approximate surface area is 113 Å². The molecule has 1 heterocycles. The Bertz CT molecular complexity index is 402. The molecule has 0 saturated heterocycles. The molecule has 6 heteroatoms. The molecule has 1 amide bonds. The van der Waals surface area contributed by atoms with Crippen LogP contribution in [0.1, 0.15) is 16.9 Å². The first-order valence-corrected chi connectivity index (χ1v) is 6.25. The number of carbonyl (C=O) groups excluding carboxylic acids is 1. The SMILES string of the molecule is C=CCNC(=O)c1ccc(NCCCN(C)C)nn1. The highest BCUT2D eigenvalue weighted by Gasteiger charge is 2.06. The molecule has 0 spiro atoms. The van der Waals surface area contributed by atoms with E-state index in [4.69, 9.17) is 0 Å². The molecule has 19 heavy (non-hydrogen) atoms. The van der Waals surface area contributed by atoms with E-state index in [0.29, 0.717) is 18.1 Å². The highest BCUT2D eigenvalue weighted by Crippen LogP contribution is 2.02. The topological polar surface area (TPSA) is 70.2 Å². The molecule has 0 aliphatic heterocycles. The number of nitrogens with zero attached hydrogens (tertiary/aromatic N) is 3. The standard InChI is InChI=1S/C13H21N5O/c1-4-8-15-13(19)11-6-7-12(17-16-11)14-9-5-10-18(2)3/h4,6-7H,1,5,8-10H2,2-3H3,(H,14,17)(H,15,19). The molecule has 0 fully saturated rings. The fraction of sp³-hybridized carbons (Fsp3) is 0.462. The van der Waals surface area contributed by atoms with Crippen LogP contribution >= 0.6 is 0 Å². The second kappa shape index (κ2) is 8.20. The molecule has 0 bridgehead atoms. The van der Waals surface area contributed by atoms with E-state index in [1.54, 1.807) is 18.2 Å². The third kappa shape index (κ3) is 5.96. The monoisotopic (exact) mass is 263 g/mol. The van der Waals surface area contributed by atoms with E-state index < -0.39 is 0 Å². The number of aromatic nitrogens is 2. The van der Waals surface area contributed by atoms with Crippen LogP contribution in [0.3, 0.4) is 0 Å². The van der Waals surface area contributed by atoms with Gasteiger partial charge in [-0.2, -0.15) is 0 Å². The van der Waals surface area contributed by atoms with Crippen LogP contribution in [0.5, 0.6) is 0 Å². The van der Waals surface area contributed by atoms with Gasteiger partial charge in [-0.1, -0.05) is 6.08 Å². The summed E-state index contributed by atoms with van der Waals surface area (Å²) in [6.07, 6.45) is 2.64. The number of carbonyl (C=O) groups is 1. The summed E-state index contributed by atoms with van der Waals surface area (Å²) in [5.74, 6) is 0.436. The summed E-state index contributed by atoms with van der Waals surface area (Å²) in [5, 5.41) is 13.6. The van der Waals surface area contributed by atoms with E-state index in [0.717, 1.165) is 19.5 Å². The predicted octanol–water partition coefficient (Wildman–Crippen LogP) is 0.756. The Hall–Kier alpha value is -1.95. The van der Waals surface area contributed by atoms with E-state index in [-0.39, 0.29) is 5.91 Å². The van der Waals surface area contributed by atoms with Gasteiger partial charge in [0.25, 0.3) is 5.91 Å². The number of amides is 1. The van der Waals surface area contributed by atoms with E-state index in [2.05, 4.69) is 32.3 Å². The Morgan fingerprint density at radius 1 is 1.42 bits per heavy atom. The molecular formula is C13H21N5O. The minimum atomic E-state index is -0.244. The lowest BCUT2D eigenvalue weighted by Gasteiger charge is -2.09. The number of rotatable bonds is 8. The number of hydrogen-bond acceptors (Lipinski definition) is 5. The Morgan fingerprint density at radius 2 is 2.21 bits per heavy atom. The van der Waals surface area contributed by atoms with Gasteiger partial charge in [0.05, 0.1) is 0 Å². The molecule has 0 radical (unpaired) electrons. The summed E-state index contributed by atoms with van der Waals surface area (Å²) in [5.41, 5.74) is 0.306. The van der Waals surface area contributed by atoms with Crippen LogP contribution in [0, 0.1) is 0 Å². The highest BCUT2D eigenvalue weighted by molar-refractivity contribution is 5.92. The summed E-state index contributed by atoms with van der Waals surface area (Å²) < 4.78 is 0. The zero-order valence-electron chi connectivity index (χ0n) is 11.5. The minimum Gasteiger partial charge on any atom is -0.369 e. The zero-order valence-corrected chi connectivity index (χ0v) is 11.5. The van der Waals surface area contributed by atoms with Crippen LogP contribution in [0.25, 0.3) is 0 Å². The van der Waals surface area contributed by atoms with Crippen molar-refractivity contribution < 1.29 is 4.79 Å². The highest BCUT2D eigenvalue weighted by atomic mass is 16.1. The fourth-order valence-corrected chi connectivity index (χ4v) is 1.41. The van der Waals surface area contributed by atoms with Gasteiger partial charge in [-0.05, 0) is 39.2 Å². The smallest absolute Gasteiger partial charge is 0.272 e. The maximum absolute atomic E-state index is 11.6. The summed E-state index contributed by atoms with van der Waals surface area (Å²) in [7, 11) is 4.08. The largest absolute Gasteiger partial charge is 0.369 e. The van der Waals surface area contributed by atoms with Crippen LogP contribution in [-0.2, 0) is 0 Å². The van der Waals surface area contributed by atoms with Crippen molar-refractivity contribution in [1.29, 1.82) is 0 Å². The number of nitrogens with one attached hydrogen (secondary N) is 2. The molecule has 0 aliphatic rings. The average molecular weight is 263 g/mol. The molecule has 1 aromatic rings. The first-order valence-electron chi connectivity index (χ1n) is 6.25. The molecule has 0 aliphatic carbocycles. The van der Waals surface area contributed by atoms with Gasteiger partial charge >= 0.3 is 0 Å². The molecule has 2 N–H and O–H groups in total. The van der Waals surface area contributed by atoms with Crippen LogP contribution in [0.2, 0.25) is 0 Å². The fourth-order valence-electron chi connectivity index (χ4n) is 1.41. The van der Waals surface area contributed by atoms with Crippen LogP contribution in [0.15, 0.2) is 24.8 Å². The molecule has 0 aromatic carbocycles. The van der Waals surface area contributed by atoms with Gasteiger partial charge in [-0.15, -0.1) is 16.8 Å². The van der Waals surface area contributed by atoms with Crippen LogP contribution in [-0.4, -0.2) is 54.7 Å². The predicted molar refractivity (Wildman–Crippen MR) is 76.2 cm³/mol. The Kier molecular flexibility index (Phi) is 6.52. The van der Waals surface area contributed by atoms with Crippen molar-refractivity contribution in [2.24, 2.45) is 0 Å². The lowest BCUT2D eigenvalue weighted by atomic mass is 10.3. The summed E-state index contributed by atoms with van der Waals surface area (Å²) in [6.45, 7) is 5.80.